The van der Waals surface area contributed by atoms with Crippen LogP contribution in [0.4, 0.5) is 0 Å². The molecule has 3 rings (SSSR count). The number of hydrogen-bond acceptors (Lipinski definition) is 5. The Morgan fingerprint density at radius 2 is 1.75 bits per heavy atom. The Hall–Kier alpha value is -3.94. The number of para-hydroxylation sites is 1. The number of carbonyl (C=O) groups excluding carboxylic acids is 2. The average molecular weight is 377 g/mol. The van der Waals surface area contributed by atoms with Crippen LogP contribution in [-0.4, -0.2) is 41.4 Å². The molecular weight excluding hydrogens is 358 g/mol. The number of H-pyrrole nitrogens is 1. The maximum atomic E-state index is 11.8. The molecule has 0 aliphatic rings. The molecule has 0 aliphatic heterocycles. The van der Waals surface area contributed by atoms with Gasteiger partial charge in [-0.3, -0.25) is 14.7 Å². The first kappa shape index (κ1) is 18.8. The van der Waals surface area contributed by atoms with Crippen LogP contribution in [-0.2, 0) is 9.59 Å². The molecule has 3 N–H and O–H groups in total. The topological polar surface area (TPSA) is 108 Å². The molecule has 8 nitrogen and oxygen atoms in total. The summed E-state index contributed by atoms with van der Waals surface area (Å²) in [5.74, 6) is -0.265. The summed E-state index contributed by atoms with van der Waals surface area (Å²) in [7, 11) is 0. The van der Waals surface area contributed by atoms with Gasteiger partial charge in [0.15, 0.2) is 6.61 Å². The molecule has 8 heteroatoms. The standard InChI is InChI=1S/C20H19N5O3/c26-18(13-21-19(27)14-28-17-9-5-2-6-10-17)24-22-11-16-12-23-25-20(16)15-7-3-1-4-8-15/h1-12H,13-14H2,(H,21,27)(H,23,25)(H,24,26)/b22-11-. The van der Waals surface area contributed by atoms with Crippen LogP contribution in [0.1, 0.15) is 5.56 Å². The number of carbonyl (C=O) groups is 2. The highest BCUT2D eigenvalue weighted by Crippen LogP contribution is 2.18. The molecule has 1 heterocycles. The van der Waals surface area contributed by atoms with Gasteiger partial charge in [0.25, 0.3) is 11.8 Å². The van der Waals surface area contributed by atoms with Crippen molar-refractivity contribution in [1.29, 1.82) is 0 Å². The van der Waals surface area contributed by atoms with Crippen molar-refractivity contribution in [3.05, 3.63) is 72.4 Å². The van der Waals surface area contributed by atoms with Crippen molar-refractivity contribution in [1.82, 2.24) is 20.9 Å². The van der Waals surface area contributed by atoms with E-state index in [-0.39, 0.29) is 13.2 Å². The van der Waals surface area contributed by atoms with E-state index in [2.05, 4.69) is 26.0 Å². The number of aromatic amines is 1. The number of hydrazone groups is 1. The Bertz CT molecular complexity index is 939. The lowest BCUT2D eigenvalue weighted by Crippen LogP contribution is -2.37. The minimum atomic E-state index is -0.450. The number of hydrogen-bond donors (Lipinski definition) is 3. The fourth-order valence-corrected chi connectivity index (χ4v) is 2.34. The molecule has 0 atom stereocenters. The van der Waals surface area contributed by atoms with E-state index in [1.807, 2.05) is 48.5 Å². The van der Waals surface area contributed by atoms with Crippen molar-refractivity contribution in [2.45, 2.75) is 0 Å². The predicted octanol–water partition coefficient (Wildman–Crippen LogP) is 1.72. The summed E-state index contributed by atoms with van der Waals surface area (Å²) in [5.41, 5.74) is 4.84. The summed E-state index contributed by atoms with van der Waals surface area (Å²) < 4.78 is 5.30. The van der Waals surface area contributed by atoms with Crippen molar-refractivity contribution in [2.75, 3.05) is 13.2 Å². The van der Waals surface area contributed by atoms with E-state index in [0.717, 1.165) is 16.8 Å². The highest BCUT2D eigenvalue weighted by Gasteiger charge is 2.07. The van der Waals surface area contributed by atoms with Gasteiger partial charge < -0.3 is 10.1 Å². The van der Waals surface area contributed by atoms with Crippen molar-refractivity contribution in [3.63, 3.8) is 0 Å². The summed E-state index contributed by atoms with van der Waals surface area (Å²) in [5, 5.41) is 13.3. The molecule has 0 aliphatic carbocycles. The number of nitrogens with zero attached hydrogens (tertiary/aromatic N) is 2. The van der Waals surface area contributed by atoms with Gasteiger partial charge in [-0.2, -0.15) is 10.2 Å². The van der Waals surface area contributed by atoms with Gasteiger partial charge in [-0.1, -0.05) is 48.5 Å². The fourth-order valence-electron chi connectivity index (χ4n) is 2.34. The fraction of sp³-hybridized carbons (Fsp3) is 0.100. The van der Waals surface area contributed by atoms with Crippen LogP contribution < -0.4 is 15.5 Å². The van der Waals surface area contributed by atoms with E-state index in [1.54, 1.807) is 18.3 Å². The minimum absolute atomic E-state index is 0.171. The summed E-state index contributed by atoms with van der Waals surface area (Å²) >= 11 is 0. The summed E-state index contributed by atoms with van der Waals surface area (Å²) in [6.07, 6.45) is 3.10. The van der Waals surface area contributed by atoms with Crippen LogP contribution in [0.2, 0.25) is 0 Å². The molecule has 0 unspecified atom stereocenters. The molecule has 0 saturated carbocycles. The first-order valence-electron chi connectivity index (χ1n) is 8.57. The van der Waals surface area contributed by atoms with Gasteiger partial charge in [0.2, 0.25) is 0 Å². The molecule has 0 fully saturated rings. The van der Waals surface area contributed by atoms with Gasteiger partial charge in [-0.25, -0.2) is 5.43 Å². The number of aromatic nitrogens is 2. The zero-order valence-corrected chi connectivity index (χ0v) is 15.0. The zero-order chi connectivity index (χ0) is 19.6. The molecule has 0 radical (unpaired) electrons. The average Bonchev–Trinajstić information content (AvgIpc) is 3.21. The van der Waals surface area contributed by atoms with E-state index in [0.29, 0.717) is 5.75 Å². The van der Waals surface area contributed by atoms with Gasteiger partial charge in [0.05, 0.1) is 24.7 Å². The quantitative estimate of drug-likeness (QED) is 0.410. The van der Waals surface area contributed by atoms with E-state index in [9.17, 15) is 9.59 Å². The minimum Gasteiger partial charge on any atom is -0.484 e. The normalized spacial score (nSPS) is 10.6. The number of ether oxygens (including phenoxy) is 1. The van der Waals surface area contributed by atoms with Crippen molar-refractivity contribution >= 4 is 18.0 Å². The Morgan fingerprint density at radius 1 is 1.04 bits per heavy atom. The largest absolute Gasteiger partial charge is 0.484 e. The second kappa shape index (κ2) is 9.67. The predicted molar refractivity (Wildman–Crippen MR) is 105 cm³/mol. The van der Waals surface area contributed by atoms with Crippen molar-refractivity contribution in [3.8, 4) is 17.0 Å². The Morgan fingerprint density at radius 3 is 2.50 bits per heavy atom. The zero-order valence-electron chi connectivity index (χ0n) is 15.0. The third-order valence-corrected chi connectivity index (χ3v) is 3.68. The maximum Gasteiger partial charge on any atom is 0.259 e. The van der Waals surface area contributed by atoms with Crippen molar-refractivity contribution < 1.29 is 14.3 Å². The molecule has 0 saturated heterocycles. The smallest absolute Gasteiger partial charge is 0.259 e. The highest BCUT2D eigenvalue weighted by atomic mass is 16.5. The van der Waals surface area contributed by atoms with Crippen LogP contribution in [0.15, 0.2) is 72.0 Å². The van der Waals surface area contributed by atoms with Gasteiger partial charge in [-0.15, -0.1) is 0 Å². The number of amides is 2. The monoisotopic (exact) mass is 377 g/mol. The third kappa shape index (κ3) is 5.53. The Kier molecular flexibility index (Phi) is 6.51. The van der Waals surface area contributed by atoms with Gasteiger partial charge in [0, 0.05) is 11.1 Å². The SMILES string of the molecule is O=C(COc1ccccc1)NCC(=O)N/N=C\c1cn[nH]c1-c1ccccc1. The number of benzene rings is 2. The summed E-state index contributed by atoms with van der Waals surface area (Å²) in [6, 6.07) is 18.6. The van der Waals surface area contributed by atoms with Crippen LogP contribution in [0.3, 0.4) is 0 Å². The van der Waals surface area contributed by atoms with E-state index < -0.39 is 11.8 Å². The van der Waals surface area contributed by atoms with Gasteiger partial charge in [-0.05, 0) is 12.1 Å². The number of nitrogens with one attached hydrogen (secondary N) is 3. The Balaban J connectivity index is 1.42. The number of rotatable bonds is 8. The molecular formula is C20H19N5O3. The molecule has 1 aromatic heterocycles. The van der Waals surface area contributed by atoms with Crippen LogP contribution in [0.5, 0.6) is 5.75 Å². The van der Waals surface area contributed by atoms with Gasteiger partial charge >= 0.3 is 0 Å². The molecule has 142 valence electrons. The first-order valence-corrected chi connectivity index (χ1v) is 8.57. The lowest BCUT2D eigenvalue weighted by atomic mass is 10.1. The summed E-state index contributed by atoms with van der Waals surface area (Å²) in [4.78, 5) is 23.5. The molecule has 0 spiro atoms. The van der Waals surface area contributed by atoms with Crippen LogP contribution in [0, 0.1) is 0 Å². The van der Waals surface area contributed by atoms with Crippen LogP contribution >= 0.6 is 0 Å². The lowest BCUT2D eigenvalue weighted by molar-refractivity contribution is -0.127. The Labute approximate surface area is 161 Å². The molecule has 2 aromatic carbocycles. The van der Waals surface area contributed by atoms with Crippen LogP contribution in [0.25, 0.3) is 11.3 Å². The van der Waals surface area contributed by atoms with E-state index in [4.69, 9.17) is 4.74 Å². The first-order chi connectivity index (χ1) is 13.7. The highest BCUT2D eigenvalue weighted by molar-refractivity contribution is 5.90. The maximum absolute atomic E-state index is 11.8. The van der Waals surface area contributed by atoms with Crippen molar-refractivity contribution in [2.24, 2.45) is 5.10 Å². The van der Waals surface area contributed by atoms with Gasteiger partial charge in [0.1, 0.15) is 5.75 Å². The molecule has 2 amide bonds. The molecule has 0 bridgehead atoms. The lowest BCUT2D eigenvalue weighted by Gasteiger charge is -2.06. The van der Waals surface area contributed by atoms with E-state index >= 15 is 0 Å². The van der Waals surface area contributed by atoms with E-state index in [1.165, 1.54) is 6.21 Å². The second-order valence-corrected chi connectivity index (χ2v) is 5.74. The third-order valence-electron chi connectivity index (χ3n) is 3.68. The summed E-state index contributed by atoms with van der Waals surface area (Å²) in [6.45, 7) is -0.374. The second-order valence-electron chi connectivity index (χ2n) is 5.74. The molecule has 28 heavy (non-hydrogen) atoms. The molecule has 3 aromatic rings.